The zero-order chi connectivity index (χ0) is 22.6. The highest BCUT2D eigenvalue weighted by Crippen LogP contribution is 2.38. The van der Waals surface area contributed by atoms with Crippen LogP contribution in [-0.2, 0) is 21.7 Å². The maximum atomic E-state index is 11.7. The van der Waals surface area contributed by atoms with Crippen LogP contribution in [0.1, 0.15) is 33.1 Å². The third kappa shape index (κ3) is 3.35. The summed E-state index contributed by atoms with van der Waals surface area (Å²) in [6, 6.07) is 3.05. The summed E-state index contributed by atoms with van der Waals surface area (Å²) in [5, 5.41) is 26.5. The highest BCUT2D eigenvalue weighted by Gasteiger charge is 2.36. The van der Waals surface area contributed by atoms with E-state index in [-0.39, 0.29) is 5.92 Å². The van der Waals surface area contributed by atoms with E-state index >= 15 is 0 Å². The Balaban J connectivity index is 1.58. The van der Waals surface area contributed by atoms with E-state index in [1.165, 1.54) is 4.68 Å². The molecule has 1 aliphatic heterocycles. The second kappa shape index (κ2) is 7.25. The molecule has 3 heterocycles. The molecule has 2 aliphatic rings. The molecule has 10 heteroatoms. The van der Waals surface area contributed by atoms with E-state index in [0.717, 1.165) is 24.8 Å². The fourth-order valence-corrected chi connectivity index (χ4v) is 4.10. The van der Waals surface area contributed by atoms with Gasteiger partial charge in [-0.1, -0.05) is 0 Å². The number of hydrogen-bond donors (Lipinski definition) is 3. The lowest BCUT2D eigenvalue weighted by molar-refractivity contribution is -0.146. The molecule has 0 radical (unpaired) electrons. The van der Waals surface area contributed by atoms with E-state index in [4.69, 9.17) is 9.72 Å². The number of aromatic nitrogens is 4. The van der Waals surface area contributed by atoms with Gasteiger partial charge in [0.25, 0.3) is 0 Å². The molecule has 10 nitrogen and oxygen atoms in total. The largest absolute Gasteiger partial charge is 0.491 e. The zero-order valence-electron chi connectivity index (χ0n) is 17.9. The van der Waals surface area contributed by atoms with Gasteiger partial charge in [-0.15, -0.1) is 0 Å². The predicted molar refractivity (Wildman–Crippen MR) is 116 cm³/mol. The Labute approximate surface area is 183 Å². The highest BCUT2D eigenvalue weighted by atomic mass is 16.5. The number of aryl methyl sites for hydroxylation is 1. The van der Waals surface area contributed by atoms with Gasteiger partial charge in [-0.2, -0.15) is 5.10 Å². The lowest BCUT2D eigenvalue weighted by atomic mass is 10.1. The fourth-order valence-electron chi connectivity index (χ4n) is 4.10. The first-order chi connectivity index (χ1) is 15.3. The van der Waals surface area contributed by atoms with Crippen LogP contribution in [0.3, 0.4) is 0 Å². The fraction of sp³-hybridized carbons (Fsp3) is 0.455. The number of rotatable bonds is 7. The minimum Gasteiger partial charge on any atom is -0.491 e. The van der Waals surface area contributed by atoms with Gasteiger partial charge in [0.2, 0.25) is 0 Å². The summed E-state index contributed by atoms with van der Waals surface area (Å²) in [6.45, 7) is 4.41. The van der Waals surface area contributed by atoms with Gasteiger partial charge in [0, 0.05) is 24.5 Å². The Kier molecular flexibility index (Phi) is 4.61. The number of carboxylic acids is 2. The molecule has 3 N–H and O–H groups in total. The van der Waals surface area contributed by atoms with Crippen molar-refractivity contribution in [3.63, 3.8) is 0 Å². The van der Waals surface area contributed by atoms with Gasteiger partial charge in [-0.3, -0.25) is 4.68 Å². The molecule has 5 rings (SSSR count). The summed E-state index contributed by atoms with van der Waals surface area (Å²) in [4.78, 5) is 28.1. The van der Waals surface area contributed by atoms with E-state index in [2.05, 4.69) is 15.0 Å². The molecule has 1 aromatic carbocycles. The molecule has 0 bridgehead atoms. The van der Waals surface area contributed by atoms with Gasteiger partial charge in [0.15, 0.2) is 5.54 Å². The Bertz CT molecular complexity index is 1220. The minimum atomic E-state index is -1.19. The molecule has 1 fully saturated rings. The van der Waals surface area contributed by atoms with Crippen LogP contribution in [0.4, 0.5) is 5.69 Å². The molecule has 0 unspecified atom stereocenters. The van der Waals surface area contributed by atoms with Crippen LogP contribution < -0.4 is 10.1 Å². The van der Waals surface area contributed by atoms with Crippen molar-refractivity contribution in [3.8, 4) is 17.1 Å². The average Bonchev–Trinajstić information content (AvgIpc) is 3.39. The standard InChI is InChI=1S/C22H25N5O5/c1-22(2,21(30)31)27-11-13(10-23-27)19-25-15-8-14(24-17(20(28)29)12-4-5-12)9-16-18(15)26(19)6-3-7-32-16/h8-12,17,24H,3-7H2,1-2H3,(H,28,29)(H,30,31)/t17-/m0/s1. The lowest BCUT2D eigenvalue weighted by Gasteiger charge is -2.19. The Hall–Kier alpha value is -3.56. The summed E-state index contributed by atoms with van der Waals surface area (Å²) in [7, 11) is 0. The molecule has 1 aliphatic carbocycles. The number of benzene rings is 1. The molecule has 0 amide bonds. The topological polar surface area (TPSA) is 132 Å². The molecule has 3 aromatic rings. The number of anilines is 1. The van der Waals surface area contributed by atoms with Gasteiger partial charge in [-0.05, 0) is 45.1 Å². The van der Waals surface area contributed by atoms with Crippen molar-refractivity contribution in [1.82, 2.24) is 19.3 Å². The Morgan fingerprint density at radius 1 is 1.28 bits per heavy atom. The molecule has 1 atom stereocenters. The molecule has 0 spiro atoms. The second-order valence-corrected chi connectivity index (χ2v) is 8.97. The van der Waals surface area contributed by atoms with E-state index in [1.54, 1.807) is 26.2 Å². The van der Waals surface area contributed by atoms with Crippen molar-refractivity contribution in [1.29, 1.82) is 0 Å². The first kappa shape index (κ1) is 20.3. The van der Waals surface area contributed by atoms with Gasteiger partial charge in [0.1, 0.15) is 23.1 Å². The summed E-state index contributed by atoms with van der Waals surface area (Å²) in [6.07, 6.45) is 5.91. The summed E-state index contributed by atoms with van der Waals surface area (Å²) < 4.78 is 9.46. The normalized spacial score (nSPS) is 16.9. The quantitative estimate of drug-likeness (QED) is 0.512. The number of ether oxygens (including phenoxy) is 1. The SMILES string of the molecule is CC(C)(C(=O)O)n1cc(-c2nc3cc(N[C@H](C(=O)O)C4CC4)cc4c3n2CCCO4)cn1. The van der Waals surface area contributed by atoms with Crippen molar-refractivity contribution in [2.45, 2.75) is 51.2 Å². The highest BCUT2D eigenvalue weighted by molar-refractivity contribution is 5.90. The number of imidazole rings is 1. The molecule has 2 aromatic heterocycles. The molecule has 0 saturated heterocycles. The Morgan fingerprint density at radius 2 is 2.06 bits per heavy atom. The van der Waals surface area contributed by atoms with Crippen LogP contribution in [0.25, 0.3) is 22.4 Å². The van der Waals surface area contributed by atoms with Crippen LogP contribution in [0.15, 0.2) is 24.5 Å². The number of nitrogens with zero attached hydrogens (tertiary/aromatic N) is 4. The number of hydrogen-bond acceptors (Lipinski definition) is 6. The van der Waals surface area contributed by atoms with Crippen LogP contribution in [0.2, 0.25) is 0 Å². The van der Waals surface area contributed by atoms with Crippen molar-refractivity contribution in [2.24, 2.45) is 5.92 Å². The molecule has 168 valence electrons. The van der Waals surface area contributed by atoms with E-state index < -0.39 is 23.5 Å². The predicted octanol–water partition coefficient (Wildman–Crippen LogP) is 2.78. The average molecular weight is 439 g/mol. The van der Waals surface area contributed by atoms with E-state index in [1.807, 2.05) is 12.1 Å². The first-order valence-electron chi connectivity index (χ1n) is 10.7. The first-order valence-corrected chi connectivity index (χ1v) is 10.7. The minimum absolute atomic E-state index is 0.139. The molecular formula is C22H25N5O5. The number of carboxylic acid groups (broad SMARTS) is 2. The number of nitrogens with one attached hydrogen (secondary N) is 1. The van der Waals surface area contributed by atoms with Gasteiger partial charge in [-0.25, -0.2) is 14.6 Å². The second-order valence-electron chi connectivity index (χ2n) is 8.97. The van der Waals surface area contributed by atoms with Crippen LogP contribution in [0, 0.1) is 5.92 Å². The van der Waals surface area contributed by atoms with Crippen molar-refractivity contribution in [3.05, 3.63) is 24.5 Å². The van der Waals surface area contributed by atoms with Crippen molar-refractivity contribution >= 4 is 28.7 Å². The van der Waals surface area contributed by atoms with Crippen LogP contribution >= 0.6 is 0 Å². The zero-order valence-corrected chi connectivity index (χ0v) is 17.9. The maximum absolute atomic E-state index is 11.7. The van der Waals surface area contributed by atoms with Crippen LogP contribution in [0.5, 0.6) is 5.75 Å². The molecule has 32 heavy (non-hydrogen) atoms. The lowest BCUT2D eigenvalue weighted by Crippen LogP contribution is -2.35. The maximum Gasteiger partial charge on any atom is 0.331 e. The smallest absolute Gasteiger partial charge is 0.331 e. The van der Waals surface area contributed by atoms with Gasteiger partial charge in [0.05, 0.1) is 23.9 Å². The van der Waals surface area contributed by atoms with Crippen molar-refractivity contribution < 1.29 is 24.5 Å². The molecular weight excluding hydrogens is 414 g/mol. The number of aliphatic carboxylic acids is 2. The molecule has 1 saturated carbocycles. The van der Waals surface area contributed by atoms with Crippen molar-refractivity contribution in [2.75, 3.05) is 11.9 Å². The summed E-state index contributed by atoms with van der Waals surface area (Å²) >= 11 is 0. The monoisotopic (exact) mass is 439 g/mol. The number of carbonyl (C=O) groups is 2. The van der Waals surface area contributed by atoms with Crippen LogP contribution in [-0.4, -0.2) is 54.1 Å². The summed E-state index contributed by atoms with van der Waals surface area (Å²) in [5.41, 5.74) is 1.70. The van der Waals surface area contributed by atoms with E-state index in [9.17, 15) is 19.8 Å². The van der Waals surface area contributed by atoms with Gasteiger partial charge >= 0.3 is 11.9 Å². The third-order valence-electron chi connectivity index (χ3n) is 6.21. The van der Waals surface area contributed by atoms with Gasteiger partial charge < -0.3 is 24.8 Å². The Morgan fingerprint density at radius 3 is 2.75 bits per heavy atom. The third-order valence-corrected chi connectivity index (χ3v) is 6.21. The van der Waals surface area contributed by atoms with E-state index in [0.29, 0.717) is 41.5 Å². The summed E-state index contributed by atoms with van der Waals surface area (Å²) in [5.74, 6) is -0.375.